The number of carbonyl (C=O) groups is 1. The highest BCUT2D eigenvalue weighted by Crippen LogP contribution is 2.42. The highest BCUT2D eigenvalue weighted by molar-refractivity contribution is 14.1. The van der Waals surface area contributed by atoms with Crippen LogP contribution in [0.4, 0.5) is 5.13 Å². The topological polar surface area (TPSA) is 69.7 Å². The summed E-state index contributed by atoms with van der Waals surface area (Å²) in [5.41, 5.74) is 2.98. The van der Waals surface area contributed by atoms with Gasteiger partial charge in [0.2, 0.25) is 6.23 Å². The van der Waals surface area contributed by atoms with Crippen LogP contribution in [-0.2, 0) is 4.74 Å². The number of fused-ring (bicyclic) bond motifs is 1. The highest BCUT2D eigenvalue weighted by Gasteiger charge is 2.36. The summed E-state index contributed by atoms with van der Waals surface area (Å²) in [7, 11) is 3.03. The van der Waals surface area contributed by atoms with E-state index >= 15 is 0 Å². The number of cyclic esters (lactones) is 1. The van der Waals surface area contributed by atoms with Gasteiger partial charge in [-0.15, -0.1) is 11.3 Å². The number of benzene rings is 2. The van der Waals surface area contributed by atoms with Gasteiger partial charge in [0, 0.05) is 20.1 Å². The Bertz CT molecular complexity index is 1000. The summed E-state index contributed by atoms with van der Waals surface area (Å²) >= 11 is 3.73. The predicted octanol–water partition coefficient (Wildman–Crippen LogP) is 4.71. The minimum absolute atomic E-state index is 0.378. The lowest BCUT2D eigenvalue weighted by atomic mass is 10.1. The summed E-state index contributed by atoms with van der Waals surface area (Å²) in [6, 6.07) is 11.7. The number of nitrogens with one attached hydrogen (secondary N) is 1. The maximum atomic E-state index is 12.4. The zero-order chi connectivity index (χ0) is 19.0. The Morgan fingerprint density at radius 1 is 1.15 bits per heavy atom. The van der Waals surface area contributed by atoms with E-state index in [4.69, 9.17) is 14.2 Å². The molecule has 0 bridgehead atoms. The third kappa shape index (κ3) is 3.34. The molecule has 0 amide bonds. The fourth-order valence-corrected chi connectivity index (χ4v) is 4.01. The normalized spacial score (nSPS) is 15.2. The number of hydrogen-bond donors (Lipinski definition) is 1. The molecule has 138 valence electrons. The Labute approximate surface area is 173 Å². The molecule has 2 heterocycles. The van der Waals surface area contributed by atoms with Crippen molar-refractivity contribution < 1.29 is 19.0 Å². The molecule has 27 heavy (non-hydrogen) atoms. The number of methoxy groups -OCH3 is 2. The van der Waals surface area contributed by atoms with E-state index in [9.17, 15) is 4.79 Å². The van der Waals surface area contributed by atoms with Crippen LogP contribution in [-0.4, -0.2) is 25.2 Å². The Morgan fingerprint density at radius 3 is 2.63 bits per heavy atom. The van der Waals surface area contributed by atoms with Gasteiger partial charge in [-0.3, -0.25) is 0 Å². The quantitative estimate of drug-likeness (QED) is 0.409. The van der Waals surface area contributed by atoms with Crippen molar-refractivity contribution in [1.29, 1.82) is 0 Å². The molecule has 2 aromatic carbocycles. The molecule has 6 nitrogen and oxygen atoms in total. The van der Waals surface area contributed by atoms with Gasteiger partial charge in [-0.05, 0) is 46.9 Å². The molecule has 1 aliphatic rings. The first-order chi connectivity index (χ1) is 13.1. The van der Waals surface area contributed by atoms with Gasteiger partial charge in [-0.25, -0.2) is 9.78 Å². The van der Waals surface area contributed by atoms with E-state index in [1.807, 2.05) is 29.6 Å². The van der Waals surface area contributed by atoms with Crippen LogP contribution >= 0.6 is 33.9 Å². The van der Waals surface area contributed by atoms with Gasteiger partial charge < -0.3 is 19.5 Å². The maximum Gasteiger partial charge on any atom is 0.344 e. The van der Waals surface area contributed by atoms with Crippen molar-refractivity contribution in [3.63, 3.8) is 0 Å². The fourth-order valence-electron chi connectivity index (χ4n) is 2.91. The Kier molecular flexibility index (Phi) is 4.92. The number of ether oxygens (including phenoxy) is 3. The van der Waals surface area contributed by atoms with E-state index in [0.29, 0.717) is 27.8 Å². The highest BCUT2D eigenvalue weighted by atomic mass is 127. The Morgan fingerprint density at radius 2 is 1.93 bits per heavy atom. The van der Waals surface area contributed by atoms with Gasteiger partial charge in [-0.1, -0.05) is 12.1 Å². The third-order valence-electron chi connectivity index (χ3n) is 4.19. The van der Waals surface area contributed by atoms with Gasteiger partial charge in [0.05, 0.1) is 19.9 Å². The summed E-state index contributed by atoms with van der Waals surface area (Å²) in [5, 5.41) is 5.82. The summed E-state index contributed by atoms with van der Waals surface area (Å²) in [6.07, 6.45) is -0.622. The molecule has 1 aliphatic heterocycles. The zero-order valence-electron chi connectivity index (χ0n) is 14.5. The number of anilines is 1. The number of thiazole rings is 1. The lowest BCUT2D eigenvalue weighted by molar-refractivity contribution is 0.0435. The summed E-state index contributed by atoms with van der Waals surface area (Å²) in [4.78, 5) is 17.0. The van der Waals surface area contributed by atoms with Crippen molar-refractivity contribution in [3.05, 3.63) is 56.5 Å². The molecule has 0 fully saturated rings. The SMILES string of the molecule is COc1ccc2c(c1OC)C(=O)OC2Nc1nc(-c2ccc(I)cc2)cs1. The Balaban J connectivity index is 1.61. The van der Waals surface area contributed by atoms with Gasteiger partial charge in [-0.2, -0.15) is 0 Å². The molecule has 1 N–H and O–H groups in total. The van der Waals surface area contributed by atoms with Crippen LogP contribution in [0.3, 0.4) is 0 Å². The molecule has 0 spiro atoms. The van der Waals surface area contributed by atoms with Crippen molar-refractivity contribution in [2.24, 2.45) is 0 Å². The Hall–Kier alpha value is -2.33. The molecular formula is C19H15IN2O4S. The van der Waals surface area contributed by atoms with E-state index < -0.39 is 12.2 Å². The van der Waals surface area contributed by atoms with E-state index in [-0.39, 0.29) is 0 Å². The van der Waals surface area contributed by atoms with Crippen LogP contribution in [0.2, 0.25) is 0 Å². The minimum Gasteiger partial charge on any atom is -0.493 e. The number of halogens is 1. The van der Waals surface area contributed by atoms with Crippen molar-refractivity contribution in [1.82, 2.24) is 4.98 Å². The second-order valence-corrected chi connectivity index (χ2v) is 7.84. The van der Waals surface area contributed by atoms with E-state index in [0.717, 1.165) is 11.3 Å². The van der Waals surface area contributed by atoms with Crippen LogP contribution in [0.5, 0.6) is 11.5 Å². The summed E-state index contributed by atoms with van der Waals surface area (Å²) in [5.74, 6) is 0.416. The fraction of sp³-hybridized carbons (Fsp3) is 0.158. The molecule has 0 aliphatic carbocycles. The minimum atomic E-state index is -0.622. The number of esters is 1. The van der Waals surface area contributed by atoms with Gasteiger partial charge in [0.1, 0.15) is 5.56 Å². The number of hydrogen-bond acceptors (Lipinski definition) is 7. The number of rotatable bonds is 5. The average molecular weight is 494 g/mol. The molecule has 3 aromatic rings. The van der Waals surface area contributed by atoms with Crippen LogP contribution in [0, 0.1) is 3.57 Å². The van der Waals surface area contributed by atoms with Crippen molar-refractivity contribution in [2.75, 3.05) is 19.5 Å². The van der Waals surface area contributed by atoms with Crippen LogP contribution in [0.25, 0.3) is 11.3 Å². The lowest BCUT2D eigenvalue weighted by Crippen LogP contribution is -2.10. The predicted molar refractivity (Wildman–Crippen MR) is 112 cm³/mol. The van der Waals surface area contributed by atoms with Gasteiger partial charge in [0.15, 0.2) is 16.6 Å². The average Bonchev–Trinajstić information content (AvgIpc) is 3.27. The molecule has 0 saturated carbocycles. The number of aromatic nitrogens is 1. The first-order valence-corrected chi connectivity index (χ1v) is 10.0. The zero-order valence-corrected chi connectivity index (χ0v) is 17.5. The summed E-state index contributed by atoms with van der Waals surface area (Å²) < 4.78 is 17.3. The van der Waals surface area contributed by atoms with Crippen molar-refractivity contribution in [2.45, 2.75) is 6.23 Å². The molecule has 0 radical (unpaired) electrons. The van der Waals surface area contributed by atoms with Crippen molar-refractivity contribution in [3.8, 4) is 22.8 Å². The summed E-state index contributed by atoms with van der Waals surface area (Å²) in [6.45, 7) is 0. The standard InChI is InChI=1S/C19H15IN2O4S/c1-24-14-8-7-12-15(16(14)25-2)18(23)26-17(12)22-19-21-13(9-27-19)10-3-5-11(20)6-4-10/h3-9,17H,1-2H3,(H,21,22). The van der Waals surface area contributed by atoms with Crippen LogP contribution in [0.1, 0.15) is 22.1 Å². The lowest BCUT2D eigenvalue weighted by Gasteiger charge is -2.13. The first-order valence-electron chi connectivity index (χ1n) is 8.04. The molecular weight excluding hydrogens is 479 g/mol. The molecule has 1 unspecified atom stereocenters. The third-order valence-corrected chi connectivity index (χ3v) is 5.68. The van der Waals surface area contributed by atoms with Gasteiger partial charge >= 0.3 is 5.97 Å². The molecule has 1 aromatic heterocycles. The molecule has 1 atom stereocenters. The molecule has 0 saturated heterocycles. The second kappa shape index (κ2) is 7.35. The van der Waals surface area contributed by atoms with E-state index in [1.165, 1.54) is 29.1 Å². The van der Waals surface area contributed by atoms with E-state index in [1.54, 1.807) is 12.1 Å². The largest absolute Gasteiger partial charge is 0.493 e. The van der Waals surface area contributed by atoms with Crippen molar-refractivity contribution >= 4 is 45.0 Å². The first kappa shape index (κ1) is 18.1. The number of carbonyl (C=O) groups excluding carboxylic acids is 1. The van der Waals surface area contributed by atoms with Crippen LogP contribution < -0.4 is 14.8 Å². The maximum absolute atomic E-state index is 12.4. The second-order valence-electron chi connectivity index (χ2n) is 5.74. The number of nitrogens with zero attached hydrogens (tertiary/aromatic N) is 1. The molecule has 8 heteroatoms. The smallest absolute Gasteiger partial charge is 0.344 e. The van der Waals surface area contributed by atoms with Crippen LogP contribution in [0.15, 0.2) is 41.8 Å². The monoisotopic (exact) mass is 494 g/mol. The van der Waals surface area contributed by atoms with Gasteiger partial charge in [0.25, 0.3) is 0 Å². The van der Waals surface area contributed by atoms with E-state index in [2.05, 4.69) is 32.9 Å². The molecule has 4 rings (SSSR count).